The molecule has 0 fully saturated rings. The summed E-state index contributed by atoms with van der Waals surface area (Å²) in [6, 6.07) is 12.1. The van der Waals surface area contributed by atoms with Crippen LogP contribution in [0.3, 0.4) is 0 Å². The lowest BCUT2D eigenvalue weighted by Gasteiger charge is -2.05. The van der Waals surface area contributed by atoms with Crippen molar-refractivity contribution in [3.8, 4) is 17.2 Å². The van der Waals surface area contributed by atoms with E-state index in [-0.39, 0.29) is 5.78 Å². The summed E-state index contributed by atoms with van der Waals surface area (Å²) in [6.07, 6.45) is 0.748. The zero-order chi connectivity index (χ0) is 15.7. The molecular weight excluding hydrogens is 278 g/mol. The van der Waals surface area contributed by atoms with Gasteiger partial charge in [-0.05, 0) is 41.8 Å². The summed E-state index contributed by atoms with van der Waals surface area (Å²) in [5.74, 6) is -0.585. The van der Waals surface area contributed by atoms with E-state index in [0.717, 1.165) is 17.5 Å². The lowest BCUT2D eigenvalue weighted by molar-refractivity contribution is 0.0505. The highest BCUT2D eigenvalue weighted by Crippen LogP contribution is 2.37. The van der Waals surface area contributed by atoms with Crippen molar-refractivity contribution < 1.29 is 14.3 Å². The van der Waals surface area contributed by atoms with Gasteiger partial charge in [0.05, 0.1) is 23.8 Å². The maximum atomic E-state index is 12.5. The highest BCUT2D eigenvalue weighted by atomic mass is 16.5. The van der Waals surface area contributed by atoms with Crippen molar-refractivity contribution in [2.75, 3.05) is 6.61 Å². The second-order valence-corrected chi connectivity index (χ2v) is 5.10. The van der Waals surface area contributed by atoms with E-state index >= 15 is 0 Å². The van der Waals surface area contributed by atoms with E-state index in [0.29, 0.717) is 28.9 Å². The largest absolute Gasteiger partial charge is 0.462 e. The Bertz CT molecular complexity index is 831. The number of carbonyl (C=O) groups excluding carboxylic acids is 2. The third-order valence-corrected chi connectivity index (χ3v) is 3.62. The van der Waals surface area contributed by atoms with Gasteiger partial charge in [-0.2, -0.15) is 5.26 Å². The SMILES string of the molecule is CCCOC(=O)c1ccc2c(c1)C(=O)c1cc(C#N)ccc1-2. The van der Waals surface area contributed by atoms with Gasteiger partial charge in [-0.1, -0.05) is 19.1 Å². The Hall–Kier alpha value is -2.93. The minimum absolute atomic E-state index is 0.160. The second-order valence-electron chi connectivity index (χ2n) is 5.10. The molecule has 0 aliphatic heterocycles. The number of carbonyl (C=O) groups is 2. The molecule has 1 aliphatic carbocycles. The maximum Gasteiger partial charge on any atom is 0.338 e. The van der Waals surface area contributed by atoms with Gasteiger partial charge in [-0.15, -0.1) is 0 Å². The third kappa shape index (κ3) is 2.17. The van der Waals surface area contributed by atoms with Crippen LogP contribution in [-0.4, -0.2) is 18.4 Å². The average molecular weight is 291 g/mol. The molecule has 22 heavy (non-hydrogen) atoms. The van der Waals surface area contributed by atoms with Gasteiger partial charge in [0.25, 0.3) is 0 Å². The topological polar surface area (TPSA) is 67.2 Å². The Kier molecular flexibility index (Phi) is 3.48. The first-order valence-corrected chi connectivity index (χ1v) is 7.06. The molecule has 2 aromatic carbocycles. The van der Waals surface area contributed by atoms with Crippen molar-refractivity contribution in [1.82, 2.24) is 0 Å². The lowest BCUT2D eigenvalue weighted by atomic mass is 10.0. The molecule has 0 atom stereocenters. The summed E-state index contributed by atoms with van der Waals surface area (Å²) in [7, 11) is 0. The van der Waals surface area contributed by atoms with Crippen molar-refractivity contribution in [2.24, 2.45) is 0 Å². The molecule has 0 radical (unpaired) electrons. The predicted molar refractivity (Wildman–Crippen MR) is 80.6 cm³/mol. The average Bonchev–Trinajstić information content (AvgIpc) is 2.84. The van der Waals surface area contributed by atoms with Crippen molar-refractivity contribution >= 4 is 11.8 Å². The van der Waals surface area contributed by atoms with Gasteiger partial charge in [0, 0.05) is 11.1 Å². The number of hydrogen-bond acceptors (Lipinski definition) is 4. The van der Waals surface area contributed by atoms with Gasteiger partial charge in [-0.25, -0.2) is 4.79 Å². The molecule has 0 amide bonds. The van der Waals surface area contributed by atoms with Crippen LogP contribution < -0.4 is 0 Å². The predicted octanol–water partition coefficient (Wildman–Crippen LogP) is 3.34. The zero-order valence-electron chi connectivity index (χ0n) is 12.1. The van der Waals surface area contributed by atoms with Gasteiger partial charge in [0.15, 0.2) is 5.78 Å². The van der Waals surface area contributed by atoms with E-state index in [1.807, 2.05) is 13.0 Å². The zero-order valence-corrected chi connectivity index (χ0v) is 12.1. The van der Waals surface area contributed by atoms with E-state index in [9.17, 15) is 9.59 Å². The van der Waals surface area contributed by atoms with E-state index in [2.05, 4.69) is 0 Å². The van der Waals surface area contributed by atoms with Gasteiger partial charge < -0.3 is 4.74 Å². The minimum Gasteiger partial charge on any atom is -0.462 e. The molecule has 0 heterocycles. The van der Waals surface area contributed by atoms with Gasteiger partial charge in [0.1, 0.15) is 0 Å². The molecule has 0 bridgehead atoms. The maximum absolute atomic E-state index is 12.5. The highest BCUT2D eigenvalue weighted by Gasteiger charge is 2.28. The Morgan fingerprint density at radius 2 is 1.77 bits per heavy atom. The third-order valence-electron chi connectivity index (χ3n) is 3.62. The molecular formula is C18H13NO3. The van der Waals surface area contributed by atoms with Crippen LogP contribution in [0, 0.1) is 11.3 Å². The normalized spacial score (nSPS) is 11.5. The van der Waals surface area contributed by atoms with Crippen LogP contribution in [0.1, 0.15) is 45.2 Å². The Balaban J connectivity index is 2.02. The van der Waals surface area contributed by atoms with Crippen LogP contribution >= 0.6 is 0 Å². The Morgan fingerprint density at radius 3 is 2.45 bits per heavy atom. The van der Waals surface area contributed by atoms with E-state index in [1.165, 1.54) is 0 Å². The summed E-state index contributed by atoms with van der Waals surface area (Å²) in [4.78, 5) is 24.4. The Morgan fingerprint density at radius 1 is 1.09 bits per heavy atom. The van der Waals surface area contributed by atoms with E-state index in [4.69, 9.17) is 10.00 Å². The van der Waals surface area contributed by atoms with Gasteiger partial charge in [0.2, 0.25) is 0 Å². The molecule has 0 N–H and O–H groups in total. The summed E-state index contributed by atoms with van der Waals surface area (Å²) >= 11 is 0. The first kappa shape index (κ1) is 14.0. The van der Waals surface area contributed by atoms with Gasteiger partial charge >= 0.3 is 5.97 Å². The molecule has 0 saturated heterocycles. The number of rotatable bonds is 3. The van der Waals surface area contributed by atoms with Crippen molar-refractivity contribution in [3.63, 3.8) is 0 Å². The number of nitrogens with zero attached hydrogens (tertiary/aromatic N) is 1. The number of nitriles is 1. The summed E-state index contributed by atoms with van der Waals surface area (Å²) in [5.41, 5.74) is 3.39. The number of fused-ring (bicyclic) bond motifs is 3. The fraction of sp³-hybridized carbons (Fsp3) is 0.167. The summed E-state index contributed by atoms with van der Waals surface area (Å²) < 4.78 is 5.09. The fourth-order valence-corrected chi connectivity index (χ4v) is 2.55. The van der Waals surface area contributed by atoms with Gasteiger partial charge in [-0.3, -0.25) is 4.79 Å². The molecule has 3 rings (SSSR count). The molecule has 1 aliphatic rings. The van der Waals surface area contributed by atoms with Crippen molar-refractivity contribution in [1.29, 1.82) is 5.26 Å². The van der Waals surface area contributed by atoms with Crippen LogP contribution in [0.4, 0.5) is 0 Å². The molecule has 2 aromatic rings. The smallest absolute Gasteiger partial charge is 0.338 e. The van der Waals surface area contributed by atoms with Crippen LogP contribution in [0.5, 0.6) is 0 Å². The number of benzene rings is 2. The van der Waals surface area contributed by atoms with Crippen LogP contribution in [0.25, 0.3) is 11.1 Å². The first-order chi connectivity index (χ1) is 10.7. The second kappa shape index (κ2) is 5.45. The van der Waals surface area contributed by atoms with Crippen LogP contribution in [0.15, 0.2) is 36.4 Å². The lowest BCUT2D eigenvalue weighted by Crippen LogP contribution is -2.07. The first-order valence-electron chi connectivity index (χ1n) is 7.06. The molecule has 108 valence electrons. The number of ether oxygens (including phenoxy) is 1. The van der Waals surface area contributed by atoms with Crippen molar-refractivity contribution in [3.05, 3.63) is 58.7 Å². The standard InChI is InChI=1S/C18H13NO3/c1-2-7-22-18(21)12-4-6-14-13-5-3-11(10-19)8-15(13)17(20)16(14)9-12/h3-6,8-9H,2,7H2,1H3. The molecule has 0 aromatic heterocycles. The molecule has 4 nitrogen and oxygen atoms in total. The van der Waals surface area contributed by atoms with Crippen molar-refractivity contribution in [2.45, 2.75) is 13.3 Å². The number of esters is 1. The van der Waals surface area contributed by atoms with Crippen LogP contribution in [0.2, 0.25) is 0 Å². The summed E-state index contributed by atoms with van der Waals surface area (Å²) in [6.45, 7) is 2.28. The number of hydrogen-bond donors (Lipinski definition) is 0. The van der Waals surface area contributed by atoms with E-state index < -0.39 is 5.97 Å². The summed E-state index contributed by atoms with van der Waals surface area (Å²) in [5, 5.41) is 8.95. The monoisotopic (exact) mass is 291 g/mol. The highest BCUT2D eigenvalue weighted by molar-refractivity contribution is 6.22. The minimum atomic E-state index is -0.425. The molecule has 0 spiro atoms. The number of ketones is 1. The quantitative estimate of drug-likeness (QED) is 0.694. The Labute approximate surface area is 128 Å². The molecule has 4 heteroatoms. The fourth-order valence-electron chi connectivity index (χ4n) is 2.55. The molecule has 0 unspecified atom stereocenters. The van der Waals surface area contributed by atoms with E-state index in [1.54, 1.807) is 36.4 Å². The molecule has 0 saturated carbocycles. The van der Waals surface area contributed by atoms with Crippen LogP contribution in [-0.2, 0) is 4.74 Å².